The maximum atomic E-state index is 11.0. The van der Waals surface area contributed by atoms with Gasteiger partial charge >= 0.3 is 0 Å². The van der Waals surface area contributed by atoms with E-state index in [-0.39, 0.29) is 10.8 Å². The van der Waals surface area contributed by atoms with E-state index in [0.29, 0.717) is 18.0 Å². The summed E-state index contributed by atoms with van der Waals surface area (Å²) < 4.78 is 5.49. The lowest BCUT2D eigenvalue weighted by atomic mass is 10.2. The minimum absolute atomic E-state index is 0.0627. The number of nitro benzene ring substituents is 1. The smallest absolute Gasteiger partial charge is 0.292 e. The fraction of sp³-hybridized carbons (Fsp3) is 0.125. The first kappa shape index (κ1) is 17.4. The van der Waals surface area contributed by atoms with Crippen molar-refractivity contribution in [2.24, 2.45) is 5.10 Å². The molecule has 2 N–H and O–H groups in total. The van der Waals surface area contributed by atoms with E-state index in [1.54, 1.807) is 24.4 Å². The van der Waals surface area contributed by atoms with Gasteiger partial charge in [0.2, 0.25) is 0 Å². The first-order valence-electron chi connectivity index (χ1n) is 7.17. The summed E-state index contributed by atoms with van der Waals surface area (Å²) in [5, 5.41) is 17.9. The predicted molar refractivity (Wildman–Crippen MR) is 97.7 cm³/mol. The fourth-order valence-corrected chi connectivity index (χ4v) is 2.09. The number of anilines is 1. The molecule has 7 nitrogen and oxygen atoms in total. The molecule has 0 aliphatic heterocycles. The summed E-state index contributed by atoms with van der Waals surface area (Å²) in [5.74, 6) is 0.711. The third kappa shape index (κ3) is 4.75. The molecule has 0 aliphatic carbocycles. The molecule has 0 aliphatic rings. The monoisotopic (exact) mass is 344 g/mol. The Morgan fingerprint density at radius 1 is 1.29 bits per heavy atom. The Labute approximate surface area is 144 Å². The highest BCUT2D eigenvalue weighted by atomic mass is 32.1. The number of para-hydroxylation sites is 3. The van der Waals surface area contributed by atoms with Crippen molar-refractivity contribution >= 4 is 34.9 Å². The quantitative estimate of drug-likeness (QED) is 0.362. The highest BCUT2D eigenvalue weighted by Gasteiger charge is 2.12. The van der Waals surface area contributed by atoms with Crippen LogP contribution in [0.3, 0.4) is 0 Å². The van der Waals surface area contributed by atoms with Crippen LogP contribution in [0.2, 0.25) is 0 Å². The van der Waals surface area contributed by atoms with Gasteiger partial charge in [0, 0.05) is 11.6 Å². The van der Waals surface area contributed by atoms with E-state index in [2.05, 4.69) is 15.8 Å². The Morgan fingerprint density at radius 2 is 2.00 bits per heavy atom. The zero-order chi connectivity index (χ0) is 17.4. The Hall–Kier alpha value is -3.00. The molecule has 2 rings (SSSR count). The Balaban J connectivity index is 2.00. The second-order valence-electron chi connectivity index (χ2n) is 4.57. The normalized spacial score (nSPS) is 10.4. The van der Waals surface area contributed by atoms with Crippen molar-refractivity contribution in [2.45, 2.75) is 6.92 Å². The molecular formula is C16H16N4O3S. The number of thiocarbonyl (C=S) groups is 1. The second kappa shape index (κ2) is 8.59. The number of hydrogen-bond donors (Lipinski definition) is 2. The summed E-state index contributed by atoms with van der Waals surface area (Å²) in [6.45, 7) is 2.45. The van der Waals surface area contributed by atoms with E-state index in [4.69, 9.17) is 17.0 Å². The molecule has 0 fully saturated rings. The molecule has 0 amide bonds. The minimum atomic E-state index is -0.480. The summed E-state index contributed by atoms with van der Waals surface area (Å²) in [6, 6.07) is 13.7. The van der Waals surface area contributed by atoms with Crippen LogP contribution < -0.4 is 15.5 Å². The van der Waals surface area contributed by atoms with Crippen molar-refractivity contribution in [3.8, 4) is 5.75 Å². The lowest BCUT2D eigenvalue weighted by Gasteiger charge is -2.08. The van der Waals surface area contributed by atoms with E-state index in [1.165, 1.54) is 6.07 Å². The van der Waals surface area contributed by atoms with Crippen LogP contribution >= 0.6 is 12.2 Å². The van der Waals surface area contributed by atoms with Crippen LogP contribution in [0.4, 0.5) is 11.4 Å². The molecule has 2 aromatic rings. The number of nitro groups is 1. The highest BCUT2D eigenvalue weighted by molar-refractivity contribution is 7.80. The van der Waals surface area contributed by atoms with Crippen molar-refractivity contribution in [1.29, 1.82) is 0 Å². The van der Waals surface area contributed by atoms with Gasteiger partial charge in [0.1, 0.15) is 11.4 Å². The van der Waals surface area contributed by atoms with Gasteiger partial charge in [0.05, 0.1) is 17.7 Å². The first-order chi connectivity index (χ1) is 11.6. The average Bonchev–Trinajstić information content (AvgIpc) is 2.57. The zero-order valence-electron chi connectivity index (χ0n) is 12.9. The molecule has 0 heterocycles. The Bertz CT molecular complexity index is 764. The third-order valence-corrected chi connectivity index (χ3v) is 3.13. The average molecular weight is 344 g/mol. The molecule has 0 radical (unpaired) electrons. The van der Waals surface area contributed by atoms with Crippen LogP contribution in [0.25, 0.3) is 0 Å². The van der Waals surface area contributed by atoms with Crippen molar-refractivity contribution in [3.05, 3.63) is 64.2 Å². The zero-order valence-corrected chi connectivity index (χ0v) is 13.7. The van der Waals surface area contributed by atoms with Crippen LogP contribution in [0.15, 0.2) is 53.6 Å². The van der Waals surface area contributed by atoms with Crippen LogP contribution in [0, 0.1) is 10.1 Å². The SMILES string of the molecule is CCOc1ccccc1/C=N\NC(=S)Nc1ccccc1[N+](=O)[O-]. The van der Waals surface area contributed by atoms with Crippen molar-refractivity contribution in [3.63, 3.8) is 0 Å². The van der Waals surface area contributed by atoms with Gasteiger partial charge in [-0.2, -0.15) is 5.10 Å². The summed E-state index contributed by atoms with van der Waals surface area (Å²) in [6.07, 6.45) is 1.57. The molecule has 2 aromatic carbocycles. The third-order valence-electron chi connectivity index (χ3n) is 2.94. The van der Waals surface area contributed by atoms with Gasteiger partial charge in [-0.3, -0.25) is 15.5 Å². The molecule has 8 heteroatoms. The lowest BCUT2D eigenvalue weighted by Crippen LogP contribution is -2.24. The maximum absolute atomic E-state index is 11.0. The lowest BCUT2D eigenvalue weighted by molar-refractivity contribution is -0.383. The number of rotatable bonds is 6. The molecule has 0 saturated heterocycles. The number of nitrogens with one attached hydrogen (secondary N) is 2. The molecule has 124 valence electrons. The van der Waals surface area contributed by atoms with E-state index >= 15 is 0 Å². The van der Waals surface area contributed by atoms with Crippen LogP contribution in [-0.4, -0.2) is 22.9 Å². The van der Waals surface area contributed by atoms with Gasteiger partial charge in [-0.25, -0.2) is 0 Å². The minimum Gasteiger partial charge on any atom is -0.493 e. The second-order valence-corrected chi connectivity index (χ2v) is 4.98. The van der Waals surface area contributed by atoms with Gasteiger partial charge in [-0.15, -0.1) is 0 Å². The van der Waals surface area contributed by atoms with E-state index in [1.807, 2.05) is 31.2 Å². The number of nitrogens with zero attached hydrogens (tertiary/aromatic N) is 2. The van der Waals surface area contributed by atoms with Crippen molar-refractivity contribution in [1.82, 2.24) is 5.43 Å². The van der Waals surface area contributed by atoms with Crippen molar-refractivity contribution in [2.75, 3.05) is 11.9 Å². The number of ether oxygens (including phenoxy) is 1. The van der Waals surface area contributed by atoms with Crippen molar-refractivity contribution < 1.29 is 9.66 Å². The Morgan fingerprint density at radius 3 is 2.75 bits per heavy atom. The Kier molecular flexibility index (Phi) is 6.21. The molecule has 0 unspecified atom stereocenters. The fourth-order valence-electron chi connectivity index (χ4n) is 1.92. The first-order valence-corrected chi connectivity index (χ1v) is 7.58. The molecular weight excluding hydrogens is 328 g/mol. The van der Waals surface area contributed by atoms with Gasteiger partial charge in [-0.1, -0.05) is 24.3 Å². The predicted octanol–water partition coefficient (Wildman–Crippen LogP) is 3.31. The summed E-state index contributed by atoms with van der Waals surface area (Å²) >= 11 is 5.09. The van der Waals surface area contributed by atoms with E-state index in [0.717, 1.165) is 5.56 Å². The molecule has 0 atom stereocenters. The largest absolute Gasteiger partial charge is 0.493 e. The van der Waals surface area contributed by atoms with Gasteiger partial charge < -0.3 is 10.1 Å². The van der Waals surface area contributed by atoms with Gasteiger partial charge in [0.25, 0.3) is 5.69 Å². The van der Waals surface area contributed by atoms with E-state index in [9.17, 15) is 10.1 Å². The molecule has 0 aromatic heterocycles. The van der Waals surface area contributed by atoms with E-state index < -0.39 is 4.92 Å². The van der Waals surface area contributed by atoms with Crippen LogP contribution in [0.5, 0.6) is 5.75 Å². The number of hydrazone groups is 1. The standard InChI is InChI=1S/C16H16N4O3S/c1-2-23-15-10-6-3-7-12(15)11-17-19-16(24)18-13-8-4-5-9-14(13)20(21)22/h3-11H,2H2,1H3,(H2,18,19,24)/b17-11-. The van der Waals surface area contributed by atoms with Crippen LogP contribution in [-0.2, 0) is 0 Å². The molecule has 0 spiro atoms. The summed E-state index contributed by atoms with van der Waals surface area (Å²) in [7, 11) is 0. The topological polar surface area (TPSA) is 88.8 Å². The molecule has 0 saturated carbocycles. The number of hydrogen-bond acceptors (Lipinski definition) is 5. The molecule has 0 bridgehead atoms. The van der Waals surface area contributed by atoms with Crippen LogP contribution in [0.1, 0.15) is 12.5 Å². The van der Waals surface area contributed by atoms with Gasteiger partial charge in [0.15, 0.2) is 5.11 Å². The highest BCUT2D eigenvalue weighted by Crippen LogP contribution is 2.22. The summed E-state index contributed by atoms with van der Waals surface area (Å²) in [4.78, 5) is 10.5. The maximum Gasteiger partial charge on any atom is 0.292 e. The summed E-state index contributed by atoms with van der Waals surface area (Å²) in [5.41, 5.74) is 3.65. The van der Waals surface area contributed by atoms with Gasteiger partial charge in [-0.05, 0) is 37.3 Å². The number of benzene rings is 2. The molecule has 24 heavy (non-hydrogen) atoms.